The Hall–Kier alpha value is -0.900. The van der Waals surface area contributed by atoms with Crippen molar-refractivity contribution in [1.29, 1.82) is 0 Å². The van der Waals surface area contributed by atoms with Crippen LogP contribution in [0.1, 0.15) is 57.2 Å². The Balaban J connectivity index is 1.70. The van der Waals surface area contributed by atoms with Crippen molar-refractivity contribution in [3.8, 4) is 0 Å². The largest absolute Gasteiger partial charge is 0.425 e. The number of aromatic nitrogens is 2. The van der Waals surface area contributed by atoms with Gasteiger partial charge in [0.15, 0.2) is 0 Å². The van der Waals surface area contributed by atoms with Gasteiger partial charge in [0.1, 0.15) is 0 Å². The van der Waals surface area contributed by atoms with Crippen LogP contribution in [0.2, 0.25) is 0 Å². The fourth-order valence-corrected chi connectivity index (χ4v) is 2.02. The van der Waals surface area contributed by atoms with Crippen LogP contribution in [0.3, 0.4) is 0 Å². The molecule has 4 heteroatoms. The van der Waals surface area contributed by atoms with Gasteiger partial charge < -0.3 is 9.73 Å². The third-order valence-electron chi connectivity index (χ3n) is 3.37. The third kappa shape index (κ3) is 3.80. The smallest absolute Gasteiger partial charge is 0.219 e. The number of nitrogens with one attached hydrogen (secondary N) is 1. The molecule has 1 aromatic heterocycles. The molecule has 0 spiro atoms. The number of nitrogens with zero attached hydrogens (tertiary/aromatic N) is 2. The van der Waals surface area contributed by atoms with Crippen LogP contribution in [0.25, 0.3) is 0 Å². The minimum Gasteiger partial charge on any atom is -0.425 e. The van der Waals surface area contributed by atoms with Crippen LogP contribution in [0.4, 0.5) is 0 Å². The number of rotatable bonds is 8. The molecule has 1 aliphatic rings. The van der Waals surface area contributed by atoms with Crippen molar-refractivity contribution < 1.29 is 4.42 Å². The molecular weight excluding hydrogens is 214 g/mol. The molecule has 0 bridgehead atoms. The van der Waals surface area contributed by atoms with Crippen molar-refractivity contribution in [2.24, 2.45) is 5.92 Å². The van der Waals surface area contributed by atoms with Crippen LogP contribution in [0.15, 0.2) is 4.42 Å². The maximum Gasteiger partial charge on any atom is 0.219 e. The molecule has 96 valence electrons. The quantitative estimate of drug-likeness (QED) is 0.706. The molecular formula is C13H23N3O. The van der Waals surface area contributed by atoms with Crippen molar-refractivity contribution in [2.75, 3.05) is 13.1 Å². The van der Waals surface area contributed by atoms with Crippen molar-refractivity contribution in [3.05, 3.63) is 11.8 Å². The Morgan fingerprint density at radius 3 is 2.88 bits per heavy atom. The minimum atomic E-state index is 0.453. The zero-order valence-electron chi connectivity index (χ0n) is 10.9. The van der Waals surface area contributed by atoms with Gasteiger partial charge in [0.2, 0.25) is 11.8 Å². The van der Waals surface area contributed by atoms with Gasteiger partial charge >= 0.3 is 0 Å². The third-order valence-corrected chi connectivity index (χ3v) is 3.37. The summed E-state index contributed by atoms with van der Waals surface area (Å²) in [7, 11) is 0. The number of aryl methyl sites for hydroxylation is 1. The number of hydrogen-bond acceptors (Lipinski definition) is 4. The zero-order valence-corrected chi connectivity index (χ0v) is 10.9. The van der Waals surface area contributed by atoms with Crippen LogP contribution in [-0.4, -0.2) is 23.3 Å². The van der Waals surface area contributed by atoms with Gasteiger partial charge in [0.05, 0.1) is 0 Å². The second-order valence-corrected chi connectivity index (χ2v) is 5.01. The van der Waals surface area contributed by atoms with Gasteiger partial charge in [-0.2, -0.15) is 0 Å². The van der Waals surface area contributed by atoms with E-state index in [9.17, 15) is 0 Å². The van der Waals surface area contributed by atoms with E-state index in [4.69, 9.17) is 4.42 Å². The fourth-order valence-electron chi connectivity index (χ4n) is 2.02. The normalized spacial score (nSPS) is 17.3. The topological polar surface area (TPSA) is 51.0 Å². The van der Waals surface area contributed by atoms with Gasteiger partial charge in [0.25, 0.3) is 0 Å². The average molecular weight is 237 g/mol. The van der Waals surface area contributed by atoms with Crippen molar-refractivity contribution in [2.45, 2.75) is 51.9 Å². The highest BCUT2D eigenvalue weighted by Crippen LogP contribution is 2.41. The van der Waals surface area contributed by atoms with E-state index in [-0.39, 0.29) is 0 Å². The maximum atomic E-state index is 5.70. The Bertz CT molecular complexity index is 333. The van der Waals surface area contributed by atoms with E-state index in [2.05, 4.69) is 29.4 Å². The summed E-state index contributed by atoms with van der Waals surface area (Å²) in [5.41, 5.74) is 0. The molecule has 1 unspecified atom stereocenters. The van der Waals surface area contributed by atoms with Gasteiger partial charge in [-0.3, -0.25) is 0 Å². The Kier molecular flexibility index (Phi) is 4.54. The van der Waals surface area contributed by atoms with E-state index in [1.165, 1.54) is 19.3 Å². The summed E-state index contributed by atoms with van der Waals surface area (Å²) >= 11 is 0. The lowest BCUT2D eigenvalue weighted by Crippen LogP contribution is -2.16. The molecule has 0 radical (unpaired) electrons. The molecule has 0 saturated heterocycles. The summed E-state index contributed by atoms with van der Waals surface area (Å²) in [6, 6.07) is 0. The summed E-state index contributed by atoms with van der Waals surface area (Å²) in [6.45, 7) is 6.49. The molecule has 0 amide bonds. The lowest BCUT2D eigenvalue weighted by Gasteiger charge is -2.02. The molecule has 1 fully saturated rings. The molecule has 0 aromatic carbocycles. The van der Waals surface area contributed by atoms with Crippen molar-refractivity contribution in [1.82, 2.24) is 15.5 Å². The van der Waals surface area contributed by atoms with E-state index in [0.29, 0.717) is 5.92 Å². The van der Waals surface area contributed by atoms with Crippen molar-refractivity contribution in [3.63, 3.8) is 0 Å². The second kappa shape index (κ2) is 6.15. The molecule has 17 heavy (non-hydrogen) atoms. The highest BCUT2D eigenvalue weighted by atomic mass is 16.4. The monoisotopic (exact) mass is 237 g/mol. The SMILES string of the molecule is CCCNCCCc1nnc(C(C)C2CC2)o1. The van der Waals surface area contributed by atoms with Crippen molar-refractivity contribution >= 4 is 0 Å². The molecule has 1 saturated carbocycles. The predicted octanol–water partition coefficient (Wildman–Crippen LogP) is 2.52. The highest BCUT2D eigenvalue weighted by molar-refractivity contribution is 4.97. The first-order valence-corrected chi connectivity index (χ1v) is 6.84. The molecule has 1 aromatic rings. The summed E-state index contributed by atoms with van der Waals surface area (Å²) in [5.74, 6) is 2.87. The van der Waals surface area contributed by atoms with Gasteiger partial charge in [-0.15, -0.1) is 10.2 Å². The molecule has 4 nitrogen and oxygen atoms in total. The first-order chi connectivity index (χ1) is 8.31. The summed E-state index contributed by atoms with van der Waals surface area (Å²) in [5, 5.41) is 11.6. The Morgan fingerprint density at radius 1 is 1.35 bits per heavy atom. The van der Waals surface area contributed by atoms with E-state index in [1.807, 2.05) is 0 Å². The fraction of sp³-hybridized carbons (Fsp3) is 0.846. The first-order valence-electron chi connectivity index (χ1n) is 6.84. The summed E-state index contributed by atoms with van der Waals surface area (Å²) in [4.78, 5) is 0. The van der Waals surface area contributed by atoms with Gasteiger partial charge in [0, 0.05) is 12.3 Å². The standard InChI is InChI=1S/C13H23N3O/c1-3-8-14-9-4-5-12-15-16-13(17-12)10(2)11-6-7-11/h10-11,14H,3-9H2,1-2H3. The zero-order chi connectivity index (χ0) is 12.1. The Morgan fingerprint density at radius 2 is 2.18 bits per heavy atom. The van der Waals surface area contributed by atoms with Crippen LogP contribution in [0.5, 0.6) is 0 Å². The predicted molar refractivity (Wildman–Crippen MR) is 66.9 cm³/mol. The minimum absolute atomic E-state index is 0.453. The average Bonchev–Trinajstić information content (AvgIpc) is 3.08. The van der Waals surface area contributed by atoms with E-state index in [1.54, 1.807) is 0 Å². The van der Waals surface area contributed by atoms with Crippen LogP contribution >= 0.6 is 0 Å². The first kappa shape index (κ1) is 12.6. The highest BCUT2D eigenvalue weighted by Gasteiger charge is 2.32. The molecule has 1 N–H and O–H groups in total. The maximum absolute atomic E-state index is 5.70. The molecule has 1 heterocycles. The lowest BCUT2D eigenvalue weighted by atomic mass is 10.1. The van der Waals surface area contributed by atoms with Crippen LogP contribution < -0.4 is 5.32 Å². The summed E-state index contributed by atoms with van der Waals surface area (Å²) in [6.07, 6.45) is 5.78. The van der Waals surface area contributed by atoms with Gasteiger partial charge in [-0.25, -0.2) is 0 Å². The second-order valence-electron chi connectivity index (χ2n) is 5.01. The van der Waals surface area contributed by atoms with Gasteiger partial charge in [-0.1, -0.05) is 13.8 Å². The Labute approximate surface area is 103 Å². The molecule has 0 aliphatic heterocycles. The molecule has 2 rings (SSSR count). The van der Waals surface area contributed by atoms with E-state index < -0.39 is 0 Å². The molecule has 1 aliphatic carbocycles. The molecule has 1 atom stereocenters. The van der Waals surface area contributed by atoms with E-state index >= 15 is 0 Å². The van der Waals surface area contributed by atoms with E-state index in [0.717, 1.165) is 43.6 Å². The lowest BCUT2D eigenvalue weighted by molar-refractivity contribution is 0.404. The van der Waals surface area contributed by atoms with Gasteiger partial charge in [-0.05, 0) is 44.7 Å². The van der Waals surface area contributed by atoms with Crippen LogP contribution in [-0.2, 0) is 6.42 Å². The summed E-state index contributed by atoms with van der Waals surface area (Å²) < 4.78 is 5.70. The number of hydrogen-bond donors (Lipinski definition) is 1. The van der Waals surface area contributed by atoms with Crippen LogP contribution in [0, 0.1) is 5.92 Å².